The lowest BCUT2D eigenvalue weighted by molar-refractivity contribution is -0.0662. The van der Waals surface area contributed by atoms with Gasteiger partial charge >= 0.3 is 42.6 Å². The fraction of sp³-hybridized carbons (Fsp3) is 0.508. The third-order valence-corrected chi connectivity index (χ3v) is 30.2. The fourth-order valence-corrected chi connectivity index (χ4v) is 23.7. The molecule has 732 valence electrons. The van der Waals surface area contributed by atoms with Crippen LogP contribution in [0.4, 0.5) is 61.6 Å². The highest BCUT2D eigenvalue weighted by molar-refractivity contribution is 8.44. The number of thiol groups is 1. The summed E-state index contributed by atoms with van der Waals surface area (Å²) < 4.78 is 240. The summed E-state index contributed by atoms with van der Waals surface area (Å²) >= 11 is 19.4. The lowest BCUT2D eigenvalue weighted by Gasteiger charge is -2.29. The van der Waals surface area contributed by atoms with Crippen molar-refractivity contribution in [2.75, 3.05) is 68.3 Å². The van der Waals surface area contributed by atoms with E-state index in [9.17, 15) is 57.3 Å². The summed E-state index contributed by atoms with van der Waals surface area (Å²) in [7, 11) is -10.3. The number of phosphoric acid groups is 2. The molecule has 0 saturated carbocycles. The first-order chi connectivity index (χ1) is 64.3. The number of imidazole rings is 6. The van der Waals surface area contributed by atoms with E-state index in [1.165, 1.54) is 10.9 Å². The predicted octanol–water partition coefficient (Wildman–Crippen LogP) is 0.175. The van der Waals surface area contributed by atoms with Crippen LogP contribution in [-0.4, -0.2) is 293 Å². The SMILES string of the molecule is NC1=Nc2c(ncn2[C@@H]2O[C@@H]3COP(O)(=S)O[C@H]4[C@@H](F)[C@H](n5cnc6c(=O)[nH]c(N)nc65)O[C@@H]4COP(=O)(S)O[C@H]3[C@H]2F)C(=O)C1.Nc1nc2c(ncn2[C@@H]2O[C@@H]3COP(=O)(O)O[C@H]4[C@@H](F)[C@H](n5cnc6c(N)ncnc65)O[C@@H]4COP(=O)(O)O[C@H]3[C@H]2F)c(=O)[nH]1.Nc1nc2c(ncn2[C@@H]2O[C@@H]3COP(O)(=S)O[C@H]4[C@@H](F)[C@H](n5cnc6c(N)ncnc65)O[C@@H]4COP(O)(=S)O[C@H]3[C@H]2F)c(=O)[nH]1. The number of nitrogens with zero attached hydrogens (tertiary/aromatic N) is 20. The molecule has 136 heavy (non-hydrogen) atoms. The van der Waals surface area contributed by atoms with Crippen LogP contribution in [0, 0.1) is 0 Å². The van der Waals surface area contributed by atoms with Crippen molar-refractivity contribution in [2.45, 2.75) is 154 Å². The standard InChI is InChI=1S/C21H23F2N9O10P2S2.C20H22F2N10O11P2.C20H22F2N10O9P2S2/c22-10-14-7(39-19(10)31-4-26-12-6(33)1-9(24)28-16(12)31)2-37-44(36,46)42-15-8(3-38-43(35,45)41-14)40-20(11(15)23)32-5-27-13-17(32)29-21(25)30-18(13)34;21-8-12-6(40-18(8)31-4-27-10-14(23)25-3-26-15(10)31)1-38-45(36,37)43-13-7(2-39-44(34,35)42-12)41-19(9(13)22)32-5-28-11-16(32)29-20(24)30-17(11)33;21-8-12-6(38-18(8)31-4-27-10-14(23)25-3-26-15(10)31)1-36-43(35,45)41-13-7(2-37-42(34,44)40-12)39-19(9(13)22)32-5-28-11-16(32)29-20(24)30-17(11)33/h4-5,7-8,10-11,14-15,19-20H,1-3H2,(H2,24,28)(H,35,45)(H,36,46)(H3,25,29,30,34);3-9,12-13,18-19H,1-2H2,(H,34,35)(H,36,37)(H2,23,25,26)(H3,24,29,30,33);3-9,12-13,18-19H,1-2H2,(H,34,44)(H,35,45)(H2,23,25,26)(H3,24,29,30,33)/t7-,8-,10-,11-,14-,15-,19-,20-,43?,44?;6-,7-,8-,9-,12-,13-,18-,19-;6-,7-,8-,9-,12-,13-,18-,19-,42?,43?/m111/s1. The van der Waals surface area contributed by atoms with Crippen LogP contribution in [0.15, 0.2) is 70.0 Å². The summed E-state index contributed by atoms with van der Waals surface area (Å²) in [6, 6.07) is 0. The van der Waals surface area contributed by atoms with E-state index < -0.39 is 252 Å². The van der Waals surface area contributed by atoms with Gasteiger partial charge in [0.1, 0.15) is 103 Å². The third kappa shape index (κ3) is 18.5. The maximum atomic E-state index is 16.0. The average Bonchev–Trinajstić information content (AvgIpc) is 1.61. The van der Waals surface area contributed by atoms with Crippen LogP contribution in [0.2, 0.25) is 0 Å². The Morgan fingerprint density at radius 1 is 0.368 bits per heavy atom. The molecule has 10 aliphatic heterocycles. The number of carbonyl (C=O) groups excluding carboxylic acids is 1. The molecule has 0 radical (unpaired) electrons. The first-order valence-electron chi connectivity index (χ1n) is 39.0. The van der Waals surface area contributed by atoms with E-state index in [4.69, 9.17) is 153 Å². The maximum absolute atomic E-state index is 16.0. The van der Waals surface area contributed by atoms with Gasteiger partial charge in [-0.1, -0.05) is 12.2 Å². The Kier molecular flexibility index (Phi) is 25.7. The number of ketones is 1. The van der Waals surface area contributed by atoms with Gasteiger partial charge in [-0.15, -0.1) is 0 Å². The van der Waals surface area contributed by atoms with Gasteiger partial charge in [-0.05, 0) is 35.4 Å². The number of aromatic nitrogens is 22. The van der Waals surface area contributed by atoms with Crippen molar-refractivity contribution >= 4 is 193 Å². The smallest absolute Gasteiger partial charge is 0.387 e. The van der Waals surface area contributed by atoms with Crippen molar-refractivity contribution in [3.63, 3.8) is 0 Å². The molecule has 11 aromatic heterocycles. The summed E-state index contributed by atoms with van der Waals surface area (Å²) in [6.07, 6.45) is -32.8. The van der Waals surface area contributed by atoms with Gasteiger partial charge in [0.2, 0.25) is 17.8 Å². The molecule has 9 fully saturated rings. The number of Topliss-reactive ketones (excluding diaryl/α,β-unsaturated/α-hetero) is 1. The van der Waals surface area contributed by atoms with Crippen LogP contribution in [0.25, 0.3) is 55.8 Å². The number of aliphatic imine (C=N–C) groups is 1. The number of rotatable bonds is 6. The maximum Gasteiger partial charge on any atom is 0.472 e. The fourth-order valence-electron chi connectivity index (χ4n) is 16.0. The Morgan fingerprint density at radius 2 is 0.647 bits per heavy atom. The minimum Gasteiger partial charge on any atom is -0.387 e. The number of alkyl halides is 6. The van der Waals surface area contributed by atoms with E-state index in [2.05, 4.69) is 97.0 Å². The molecule has 21 heterocycles. The van der Waals surface area contributed by atoms with Gasteiger partial charge in [-0.3, -0.25) is 102 Å². The van der Waals surface area contributed by atoms with Gasteiger partial charge in [0.15, 0.2) is 148 Å². The number of ether oxygens (including phenoxy) is 6. The zero-order valence-corrected chi connectivity index (χ0v) is 76.1. The minimum atomic E-state index is -5.18. The van der Waals surface area contributed by atoms with Gasteiger partial charge < -0.3 is 101 Å². The van der Waals surface area contributed by atoms with Crippen LogP contribution >= 0.6 is 54.8 Å². The number of phosphoric ester groups is 2. The number of nitrogens with two attached hydrogens (primary N) is 6. The number of nitrogens with one attached hydrogen (secondary N) is 3. The Labute approximate surface area is 768 Å². The van der Waals surface area contributed by atoms with Gasteiger partial charge in [-0.2, -0.15) is 15.0 Å². The number of amidine groups is 1. The number of anilines is 5. The van der Waals surface area contributed by atoms with E-state index in [0.717, 1.165) is 67.1 Å². The van der Waals surface area contributed by atoms with E-state index in [0.29, 0.717) is 0 Å². The second kappa shape index (κ2) is 36.3. The number of nitrogen functional groups attached to an aromatic ring is 5. The molecule has 6 unspecified atom stereocenters. The second-order valence-electron chi connectivity index (χ2n) is 30.6. The van der Waals surface area contributed by atoms with Crippen molar-refractivity contribution in [3.05, 3.63) is 87.4 Å². The first kappa shape index (κ1) is 96.0. The Hall–Kier alpha value is -8.85. The van der Waals surface area contributed by atoms with Crippen molar-refractivity contribution in [1.82, 2.24) is 107 Å². The number of hydrogen-bond donors (Lipinski definition) is 15. The molecule has 0 bridgehead atoms. The van der Waals surface area contributed by atoms with Gasteiger partial charge in [0.25, 0.3) is 16.7 Å². The highest BCUT2D eigenvalue weighted by Crippen LogP contribution is 2.61. The molecule has 59 nitrogen and oxygen atoms in total. The molecule has 9 saturated heterocycles. The quantitative estimate of drug-likeness (QED) is 0.0599. The van der Waals surface area contributed by atoms with Crippen molar-refractivity contribution in [1.29, 1.82) is 0 Å². The number of carbonyl (C=O) groups is 1. The number of fused-ring (bicyclic) bond motifs is 12. The van der Waals surface area contributed by atoms with Crippen LogP contribution in [0.5, 0.6) is 0 Å². The average molecular weight is 2110 g/mol. The second-order valence-corrected chi connectivity index (χ2v) is 44.6. The van der Waals surface area contributed by atoms with Crippen molar-refractivity contribution in [3.8, 4) is 0 Å². The van der Waals surface area contributed by atoms with Crippen molar-refractivity contribution in [2.24, 2.45) is 10.7 Å². The van der Waals surface area contributed by atoms with Gasteiger partial charge in [-0.25, -0.2) is 94.9 Å². The van der Waals surface area contributed by atoms with E-state index in [-0.39, 0.29) is 109 Å². The Bertz CT molecular complexity index is 6850. The highest BCUT2D eigenvalue weighted by atomic mass is 32.7. The molecular formula is C61H67F6N29O30P6S4. The van der Waals surface area contributed by atoms with Crippen LogP contribution in [0.1, 0.15) is 54.3 Å². The molecule has 0 aromatic carbocycles. The Balaban J connectivity index is 0.000000131. The topological polar surface area (TPSA) is 800 Å². The van der Waals surface area contributed by atoms with E-state index in [1.807, 2.05) is 0 Å². The lowest BCUT2D eigenvalue weighted by atomic mass is 10.1. The monoisotopic (exact) mass is 2110 g/mol. The molecule has 11 aromatic rings. The number of hydrogen-bond acceptors (Lipinski definition) is 48. The molecule has 0 aliphatic carbocycles. The molecule has 0 amide bonds. The summed E-state index contributed by atoms with van der Waals surface area (Å²) in [4.78, 5) is 165. The lowest BCUT2D eigenvalue weighted by Crippen LogP contribution is -2.37. The molecule has 75 heteroatoms. The first-order valence-corrected chi connectivity index (χ1v) is 52.5. The number of aromatic amines is 3. The summed E-state index contributed by atoms with van der Waals surface area (Å²) in [5, 5.41) is 0. The third-order valence-electron chi connectivity index (χ3n) is 21.9. The zero-order chi connectivity index (χ0) is 96.4. The molecule has 20 N–H and O–H groups in total. The minimum absolute atomic E-state index is 0.0127. The largest absolute Gasteiger partial charge is 0.472 e. The molecule has 30 atom stereocenters. The van der Waals surface area contributed by atoms with Crippen molar-refractivity contribution < 1.29 is 152 Å². The van der Waals surface area contributed by atoms with Crippen LogP contribution in [0.3, 0.4) is 0 Å². The Morgan fingerprint density at radius 3 is 0.985 bits per heavy atom. The summed E-state index contributed by atoms with van der Waals surface area (Å²) in [5.41, 5.74) is 31.6. The predicted molar refractivity (Wildman–Crippen MR) is 453 cm³/mol. The van der Waals surface area contributed by atoms with Gasteiger partial charge in [0, 0.05) is 0 Å². The summed E-state index contributed by atoms with van der Waals surface area (Å²) in [6.45, 7) is -22.0. The number of H-pyrrole nitrogens is 3. The van der Waals surface area contributed by atoms with Crippen LogP contribution < -0.4 is 51.1 Å². The summed E-state index contributed by atoms with van der Waals surface area (Å²) in [5.74, 6) is -1.35. The molecular weight excluding hydrogens is 2050 g/mol. The molecule has 10 aliphatic rings. The van der Waals surface area contributed by atoms with Gasteiger partial charge in [0.05, 0.1) is 84.0 Å². The highest BCUT2D eigenvalue weighted by Gasteiger charge is 2.60. The number of halogens is 6. The van der Waals surface area contributed by atoms with Crippen LogP contribution in [-0.2, 0) is 132 Å². The molecule has 0 spiro atoms. The molecule has 21 rings (SSSR count). The zero-order valence-electron chi connectivity index (χ0n) is 67.4. The normalized spacial score (nSPS) is 37.9. The van der Waals surface area contributed by atoms with E-state index >= 15 is 26.3 Å². The van der Waals surface area contributed by atoms with E-state index in [1.54, 1.807) is 0 Å².